The summed E-state index contributed by atoms with van der Waals surface area (Å²) in [7, 11) is -3.06. The largest absolute Gasteiger partial charge is 0.333 e. The molecule has 1 amide bonds. The number of carbonyl (C=O) groups is 1. The van der Waals surface area contributed by atoms with Gasteiger partial charge in [0.25, 0.3) is 5.91 Å². The van der Waals surface area contributed by atoms with Crippen LogP contribution < -0.4 is 5.32 Å². The molecule has 150 valence electrons. The molecule has 0 aliphatic carbocycles. The van der Waals surface area contributed by atoms with Crippen LogP contribution >= 0.6 is 11.6 Å². The van der Waals surface area contributed by atoms with Gasteiger partial charge in [0.05, 0.1) is 11.5 Å². The minimum absolute atomic E-state index is 0.0354. The van der Waals surface area contributed by atoms with Crippen LogP contribution in [-0.2, 0) is 21.2 Å². The lowest BCUT2D eigenvalue weighted by Gasteiger charge is -2.28. The van der Waals surface area contributed by atoms with Crippen LogP contribution in [0.2, 0.25) is 5.02 Å². The van der Waals surface area contributed by atoms with Crippen LogP contribution in [-0.4, -0.2) is 43.3 Å². The SMILES string of the molecule is C[C@H]([NH2+]CC(=O)N(Cc1ccccc1)[C@@H]1CCS(=O)(=O)C1)c1ccc(Cl)cc1. The molecule has 2 aromatic carbocycles. The van der Waals surface area contributed by atoms with Gasteiger partial charge >= 0.3 is 0 Å². The smallest absolute Gasteiger partial charge is 0.278 e. The molecule has 1 aliphatic rings. The Balaban J connectivity index is 1.68. The van der Waals surface area contributed by atoms with E-state index in [-0.39, 0.29) is 36.0 Å². The molecule has 0 spiro atoms. The number of nitrogens with two attached hydrogens (primary N) is 1. The number of sulfone groups is 1. The van der Waals surface area contributed by atoms with Gasteiger partial charge in [0.2, 0.25) is 0 Å². The fourth-order valence-corrected chi connectivity index (χ4v) is 5.38. The average Bonchev–Trinajstić information content (AvgIpc) is 3.04. The molecule has 0 aromatic heterocycles. The molecule has 5 nitrogen and oxygen atoms in total. The quantitative estimate of drug-likeness (QED) is 0.744. The summed E-state index contributed by atoms with van der Waals surface area (Å²) in [6, 6.07) is 17.2. The summed E-state index contributed by atoms with van der Waals surface area (Å²) >= 11 is 5.94. The van der Waals surface area contributed by atoms with Crippen molar-refractivity contribution in [1.29, 1.82) is 0 Å². The van der Waals surface area contributed by atoms with E-state index in [1.807, 2.05) is 66.8 Å². The van der Waals surface area contributed by atoms with Gasteiger partial charge in [-0.05, 0) is 31.0 Å². The molecule has 28 heavy (non-hydrogen) atoms. The van der Waals surface area contributed by atoms with Gasteiger partial charge in [0.15, 0.2) is 16.4 Å². The first-order chi connectivity index (χ1) is 13.3. The number of hydrogen-bond donors (Lipinski definition) is 1. The highest BCUT2D eigenvalue weighted by molar-refractivity contribution is 7.91. The van der Waals surface area contributed by atoms with Crippen molar-refractivity contribution in [2.24, 2.45) is 0 Å². The second-order valence-corrected chi connectivity index (χ2v) is 10.0. The highest BCUT2D eigenvalue weighted by atomic mass is 35.5. The molecule has 0 saturated carbocycles. The Hall–Kier alpha value is -1.89. The van der Waals surface area contributed by atoms with Crippen molar-refractivity contribution >= 4 is 27.3 Å². The van der Waals surface area contributed by atoms with Gasteiger partial charge in [0, 0.05) is 23.2 Å². The van der Waals surface area contributed by atoms with E-state index < -0.39 is 9.84 Å². The molecule has 7 heteroatoms. The van der Waals surface area contributed by atoms with Crippen LogP contribution in [0, 0.1) is 0 Å². The zero-order valence-corrected chi connectivity index (χ0v) is 17.5. The first-order valence-electron chi connectivity index (χ1n) is 9.47. The van der Waals surface area contributed by atoms with E-state index in [1.165, 1.54) is 0 Å². The van der Waals surface area contributed by atoms with Crippen LogP contribution in [0.4, 0.5) is 0 Å². The van der Waals surface area contributed by atoms with Gasteiger partial charge in [-0.2, -0.15) is 0 Å². The number of rotatable bonds is 7. The van der Waals surface area contributed by atoms with Crippen molar-refractivity contribution in [3.8, 4) is 0 Å². The first-order valence-corrected chi connectivity index (χ1v) is 11.7. The Morgan fingerprint density at radius 1 is 1.18 bits per heavy atom. The topological polar surface area (TPSA) is 71.1 Å². The summed E-state index contributed by atoms with van der Waals surface area (Å²) in [4.78, 5) is 14.8. The second kappa shape index (κ2) is 9.07. The number of benzene rings is 2. The van der Waals surface area contributed by atoms with E-state index in [4.69, 9.17) is 11.6 Å². The van der Waals surface area contributed by atoms with E-state index in [1.54, 1.807) is 4.90 Å². The third kappa shape index (κ3) is 5.56. The maximum Gasteiger partial charge on any atom is 0.278 e. The minimum Gasteiger partial charge on any atom is -0.333 e. The van der Waals surface area contributed by atoms with Crippen LogP contribution in [0.1, 0.15) is 30.5 Å². The van der Waals surface area contributed by atoms with Crippen LogP contribution in [0.5, 0.6) is 0 Å². The number of amides is 1. The molecule has 2 N–H and O–H groups in total. The van der Waals surface area contributed by atoms with Crippen molar-refractivity contribution in [1.82, 2.24) is 4.90 Å². The molecule has 2 atom stereocenters. The molecule has 1 fully saturated rings. The number of nitrogens with zero attached hydrogens (tertiary/aromatic N) is 1. The Kier molecular flexibility index (Phi) is 6.75. The van der Waals surface area contributed by atoms with E-state index in [2.05, 4.69) is 0 Å². The molecule has 0 bridgehead atoms. The summed E-state index contributed by atoms with van der Waals surface area (Å²) < 4.78 is 23.9. The standard InChI is InChI=1S/C21H25ClN2O3S/c1-16(18-7-9-19(22)10-8-18)23-13-21(25)24(14-17-5-3-2-4-6-17)20-11-12-28(26,27)15-20/h2-10,16,20,23H,11-15H2,1H3/p+1/t16-,20+/m0/s1. The van der Waals surface area contributed by atoms with E-state index in [0.29, 0.717) is 18.0 Å². The molecule has 1 heterocycles. The normalized spacial score (nSPS) is 19.3. The second-order valence-electron chi connectivity index (χ2n) is 7.34. The molecule has 2 aromatic rings. The molecule has 3 rings (SSSR count). The molecule has 1 aliphatic heterocycles. The maximum absolute atomic E-state index is 13.0. The summed E-state index contributed by atoms with van der Waals surface area (Å²) in [6.07, 6.45) is 0.508. The van der Waals surface area contributed by atoms with E-state index in [9.17, 15) is 13.2 Å². The summed E-state index contributed by atoms with van der Waals surface area (Å²) in [5.41, 5.74) is 2.10. The molecular formula is C21H26ClN2O3S+. The average molecular weight is 422 g/mol. The van der Waals surface area contributed by atoms with Crippen molar-refractivity contribution in [3.63, 3.8) is 0 Å². The van der Waals surface area contributed by atoms with Crippen LogP contribution in [0.25, 0.3) is 0 Å². The molecule has 0 unspecified atom stereocenters. The Morgan fingerprint density at radius 2 is 1.86 bits per heavy atom. The molecule has 1 saturated heterocycles. The van der Waals surface area contributed by atoms with Gasteiger partial charge in [-0.1, -0.05) is 54.1 Å². The van der Waals surface area contributed by atoms with Crippen LogP contribution in [0.15, 0.2) is 54.6 Å². The number of quaternary nitrogens is 1. The fourth-order valence-electron chi connectivity index (χ4n) is 3.52. The Bertz CT molecular complexity index is 901. The Labute approximate surface area is 171 Å². The highest BCUT2D eigenvalue weighted by Gasteiger charge is 2.35. The van der Waals surface area contributed by atoms with E-state index >= 15 is 0 Å². The van der Waals surface area contributed by atoms with Gasteiger partial charge in [-0.15, -0.1) is 0 Å². The summed E-state index contributed by atoms with van der Waals surface area (Å²) in [5, 5.41) is 2.66. The number of carbonyl (C=O) groups excluding carboxylic acids is 1. The third-order valence-electron chi connectivity index (χ3n) is 5.21. The minimum atomic E-state index is -3.06. The lowest BCUT2D eigenvalue weighted by Crippen LogP contribution is -2.87. The van der Waals surface area contributed by atoms with Gasteiger partial charge in [-0.3, -0.25) is 4.79 Å². The van der Waals surface area contributed by atoms with Crippen molar-refractivity contribution < 1.29 is 18.5 Å². The third-order valence-corrected chi connectivity index (χ3v) is 7.21. The van der Waals surface area contributed by atoms with Gasteiger partial charge < -0.3 is 10.2 Å². The fraction of sp³-hybridized carbons (Fsp3) is 0.381. The Morgan fingerprint density at radius 3 is 2.46 bits per heavy atom. The predicted octanol–water partition coefficient (Wildman–Crippen LogP) is 2.18. The zero-order chi connectivity index (χ0) is 20.1. The van der Waals surface area contributed by atoms with Crippen molar-refractivity contribution in [2.45, 2.75) is 32.0 Å². The zero-order valence-electron chi connectivity index (χ0n) is 15.9. The summed E-state index contributed by atoms with van der Waals surface area (Å²) in [5.74, 6) is 0.172. The maximum atomic E-state index is 13.0. The predicted molar refractivity (Wildman–Crippen MR) is 111 cm³/mol. The van der Waals surface area contributed by atoms with Crippen LogP contribution in [0.3, 0.4) is 0 Å². The summed E-state index contributed by atoms with van der Waals surface area (Å²) in [6.45, 7) is 2.74. The molecule has 0 radical (unpaired) electrons. The van der Waals surface area contributed by atoms with Crippen molar-refractivity contribution in [3.05, 3.63) is 70.7 Å². The molecular weight excluding hydrogens is 396 g/mol. The number of halogens is 1. The lowest BCUT2D eigenvalue weighted by molar-refractivity contribution is -0.683. The number of hydrogen-bond acceptors (Lipinski definition) is 3. The first kappa shape index (κ1) is 20.8. The van der Waals surface area contributed by atoms with Crippen molar-refractivity contribution in [2.75, 3.05) is 18.1 Å². The van der Waals surface area contributed by atoms with Gasteiger partial charge in [-0.25, -0.2) is 8.42 Å². The lowest BCUT2D eigenvalue weighted by atomic mass is 10.1. The monoisotopic (exact) mass is 421 g/mol. The highest BCUT2D eigenvalue weighted by Crippen LogP contribution is 2.20. The van der Waals surface area contributed by atoms with E-state index in [0.717, 1.165) is 11.1 Å². The van der Waals surface area contributed by atoms with Gasteiger partial charge in [0.1, 0.15) is 6.04 Å².